The normalized spacial score (nSPS) is 10.6. The van der Waals surface area contributed by atoms with Gasteiger partial charge in [0.1, 0.15) is 5.76 Å². The van der Waals surface area contributed by atoms with E-state index in [4.69, 9.17) is 4.52 Å². The summed E-state index contributed by atoms with van der Waals surface area (Å²) in [5, 5.41) is 17.3. The Balaban J connectivity index is 2.00. The van der Waals surface area contributed by atoms with Crippen molar-refractivity contribution in [1.82, 2.24) is 10.5 Å². The van der Waals surface area contributed by atoms with Gasteiger partial charge in [0.25, 0.3) is 0 Å². The number of nitrogens with one attached hydrogen (secondary N) is 1. The summed E-state index contributed by atoms with van der Waals surface area (Å²) in [4.78, 5) is 9.86. The molecule has 0 unspecified atom stereocenters. The molecule has 0 aliphatic rings. The maximum absolute atomic E-state index is 13.7. The molecule has 100 valence electrons. The first-order valence-corrected chi connectivity index (χ1v) is 5.62. The summed E-state index contributed by atoms with van der Waals surface area (Å²) in [5.74, 6) is -0.116. The smallest absolute Gasteiger partial charge is 0.305 e. The highest BCUT2D eigenvalue weighted by Crippen LogP contribution is 2.19. The quantitative estimate of drug-likeness (QED) is 0.662. The van der Waals surface area contributed by atoms with Crippen molar-refractivity contribution in [1.29, 1.82) is 0 Å². The number of aryl methyl sites for hydroxylation is 1. The molecule has 0 bridgehead atoms. The number of rotatable bonds is 5. The number of benzene rings is 1. The van der Waals surface area contributed by atoms with Crippen LogP contribution in [0.4, 0.5) is 10.1 Å². The average molecular weight is 265 g/mol. The van der Waals surface area contributed by atoms with Crippen LogP contribution in [-0.2, 0) is 13.1 Å². The van der Waals surface area contributed by atoms with Crippen LogP contribution in [0.3, 0.4) is 0 Å². The molecule has 2 aromatic rings. The third kappa shape index (κ3) is 3.14. The second kappa shape index (κ2) is 5.57. The second-order valence-electron chi connectivity index (χ2n) is 4.04. The number of nitrogens with zero attached hydrogens (tertiary/aromatic N) is 2. The van der Waals surface area contributed by atoms with E-state index in [1.807, 2.05) is 0 Å². The molecule has 7 heteroatoms. The van der Waals surface area contributed by atoms with Crippen molar-refractivity contribution >= 4 is 5.69 Å². The number of nitro groups is 1. The third-order valence-corrected chi connectivity index (χ3v) is 2.55. The second-order valence-corrected chi connectivity index (χ2v) is 4.04. The van der Waals surface area contributed by atoms with E-state index in [9.17, 15) is 14.5 Å². The summed E-state index contributed by atoms with van der Waals surface area (Å²) in [7, 11) is 0. The predicted molar refractivity (Wildman–Crippen MR) is 64.8 cm³/mol. The molecule has 0 radical (unpaired) electrons. The van der Waals surface area contributed by atoms with Crippen molar-refractivity contribution < 1.29 is 13.8 Å². The monoisotopic (exact) mass is 265 g/mol. The van der Waals surface area contributed by atoms with E-state index in [0.717, 1.165) is 6.07 Å². The summed E-state index contributed by atoms with van der Waals surface area (Å²) in [6, 6.07) is 5.86. The van der Waals surface area contributed by atoms with Crippen LogP contribution in [0, 0.1) is 22.9 Å². The van der Waals surface area contributed by atoms with Gasteiger partial charge in [-0.25, -0.2) is 0 Å². The zero-order chi connectivity index (χ0) is 13.8. The first kappa shape index (κ1) is 13.2. The van der Waals surface area contributed by atoms with Crippen LogP contribution >= 0.6 is 0 Å². The lowest BCUT2D eigenvalue weighted by molar-refractivity contribution is -0.387. The minimum Gasteiger partial charge on any atom is -0.361 e. The van der Waals surface area contributed by atoms with Gasteiger partial charge >= 0.3 is 5.69 Å². The minimum atomic E-state index is -0.809. The molecule has 0 aliphatic heterocycles. The summed E-state index contributed by atoms with van der Waals surface area (Å²) < 4.78 is 18.6. The highest BCUT2D eigenvalue weighted by atomic mass is 19.1. The van der Waals surface area contributed by atoms with E-state index in [0.29, 0.717) is 18.0 Å². The molecule has 0 saturated heterocycles. The Hall–Kier alpha value is -2.28. The molecule has 0 saturated carbocycles. The number of nitro benzene ring substituents is 1. The van der Waals surface area contributed by atoms with Gasteiger partial charge in [-0.2, -0.15) is 4.39 Å². The van der Waals surface area contributed by atoms with E-state index in [1.165, 1.54) is 12.1 Å². The van der Waals surface area contributed by atoms with Crippen molar-refractivity contribution in [2.45, 2.75) is 20.0 Å². The average Bonchev–Trinajstić information content (AvgIpc) is 2.77. The fraction of sp³-hybridized carbons (Fsp3) is 0.250. The van der Waals surface area contributed by atoms with Crippen LogP contribution in [0.5, 0.6) is 0 Å². The standard InChI is InChI=1S/C12H12FN3O3/c1-8-5-10(15-19-8)7-14-6-9-3-2-4-11(12(9)13)16(17)18/h2-5,14H,6-7H2,1H3. The Bertz CT molecular complexity index is 598. The minimum absolute atomic E-state index is 0.180. The molecule has 2 rings (SSSR count). The van der Waals surface area contributed by atoms with Gasteiger partial charge in [-0.3, -0.25) is 10.1 Å². The van der Waals surface area contributed by atoms with Crippen LogP contribution in [0.1, 0.15) is 17.0 Å². The van der Waals surface area contributed by atoms with Crippen LogP contribution in [0.25, 0.3) is 0 Å². The Morgan fingerprint density at radius 1 is 1.47 bits per heavy atom. The first-order valence-electron chi connectivity index (χ1n) is 5.62. The summed E-state index contributed by atoms with van der Waals surface area (Å²) in [6.45, 7) is 2.36. The molecule has 1 heterocycles. The molecule has 19 heavy (non-hydrogen) atoms. The lowest BCUT2D eigenvalue weighted by Gasteiger charge is -2.04. The van der Waals surface area contributed by atoms with Gasteiger partial charge in [-0.15, -0.1) is 0 Å². The molecule has 1 aromatic carbocycles. The maximum Gasteiger partial charge on any atom is 0.305 e. The van der Waals surface area contributed by atoms with Gasteiger partial charge in [-0.05, 0) is 6.92 Å². The van der Waals surface area contributed by atoms with Crippen molar-refractivity contribution in [2.75, 3.05) is 0 Å². The number of hydrogen-bond acceptors (Lipinski definition) is 5. The van der Waals surface area contributed by atoms with E-state index in [-0.39, 0.29) is 12.1 Å². The molecule has 1 N–H and O–H groups in total. The van der Waals surface area contributed by atoms with Gasteiger partial charge in [0.2, 0.25) is 5.82 Å². The van der Waals surface area contributed by atoms with Crippen LogP contribution in [-0.4, -0.2) is 10.1 Å². The molecule has 6 nitrogen and oxygen atoms in total. The van der Waals surface area contributed by atoms with Gasteiger partial charge in [0.05, 0.1) is 10.6 Å². The lowest BCUT2D eigenvalue weighted by atomic mass is 10.2. The summed E-state index contributed by atoms with van der Waals surface area (Å²) >= 11 is 0. The lowest BCUT2D eigenvalue weighted by Crippen LogP contribution is -2.14. The highest BCUT2D eigenvalue weighted by Gasteiger charge is 2.16. The maximum atomic E-state index is 13.7. The highest BCUT2D eigenvalue weighted by molar-refractivity contribution is 5.36. The molecular weight excluding hydrogens is 253 g/mol. The molecule has 0 fully saturated rings. The van der Waals surface area contributed by atoms with Crippen molar-refractivity contribution in [3.05, 3.63) is 57.2 Å². The van der Waals surface area contributed by atoms with Crippen LogP contribution < -0.4 is 5.32 Å². The van der Waals surface area contributed by atoms with Crippen LogP contribution in [0.2, 0.25) is 0 Å². The molecule has 0 aliphatic carbocycles. The van der Waals surface area contributed by atoms with Crippen molar-refractivity contribution in [3.8, 4) is 0 Å². The molecule has 0 spiro atoms. The number of halogens is 1. The fourth-order valence-corrected chi connectivity index (χ4v) is 1.67. The summed E-state index contributed by atoms with van der Waals surface area (Å²) in [5.41, 5.74) is 0.425. The molecular formula is C12H12FN3O3. The Morgan fingerprint density at radius 2 is 2.26 bits per heavy atom. The van der Waals surface area contributed by atoms with E-state index in [1.54, 1.807) is 13.0 Å². The Kier molecular flexibility index (Phi) is 3.86. The zero-order valence-electron chi connectivity index (χ0n) is 10.2. The van der Waals surface area contributed by atoms with E-state index < -0.39 is 16.4 Å². The molecule has 0 amide bonds. The predicted octanol–water partition coefficient (Wildman–Crippen LogP) is 2.32. The van der Waals surface area contributed by atoms with Gasteiger partial charge in [0.15, 0.2) is 0 Å². The first-order chi connectivity index (χ1) is 9.08. The van der Waals surface area contributed by atoms with Gasteiger partial charge in [-0.1, -0.05) is 17.3 Å². The van der Waals surface area contributed by atoms with Crippen molar-refractivity contribution in [2.24, 2.45) is 0 Å². The summed E-state index contributed by atoms with van der Waals surface area (Å²) in [6.07, 6.45) is 0. The largest absolute Gasteiger partial charge is 0.361 e. The Morgan fingerprint density at radius 3 is 2.89 bits per heavy atom. The Labute approximate surface area is 108 Å². The number of aromatic nitrogens is 1. The zero-order valence-corrected chi connectivity index (χ0v) is 10.2. The van der Waals surface area contributed by atoms with Gasteiger partial charge < -0.3 is 9.84 Å². The van der Waals surface area contributed by atoms with E-state index >= 15 is 0 Å². The molecule has 1 aromatic heterocycles. The third-order valence-electron chi connectivity index (χ3n) is 2.55. The van der Waals surface area contributed by atoms with E-state index in [2.05, 4.69) is 10.5 Å². The van der Waals surface area contributed by atoms with Crippen molar-refractivity contribution in [3.63, 3.8) is 0 Å². The molecule has 0 atom stereocenters. The van der Waals surface area contributed by atoms with Crippen LogP contribution in [0.15, 0.2) is 28.8 Å². The number of hydrogen-bond donors (Lipinski definition) is 1. The fourth-order valence-electron chi connectivity index (χ4n) is 1.67. The SMILES string of the molecule is Cc1cc(CNCc2cccc([N+](=O)[O-])c2F)no1. The van der Waals surface area contributed by atoms with Gasteiger partial charge in [0, 0.05) is 30.8 Å². The topological polar surface area (TPSA) is 81.2 Å².